The predicted molar refractivity (Wildman–Crippen MR) is 93.9 cm³/mol. The SMILES string of the molecule is CC1(C)S[C@@H]2C(N3[Si](C)(C)CC[Si]3(C)C)C(=O)N2[C@H]1C(=O)O. The van der Waals surface area contributed by atoms with Crippen molar-refractivity contribution < 1.29 is 14.7 Å². The fraction of sp³-hybridized carbons (Fsp3) is 0.857. The van der Waals surface area contributed by atoms with Crippen molar-refractivity contribution in [3.63, 3.8) is 0 Å². The summed E-state index contributed by atoms with van der Waals surface area (Å²) in [6.07, 6.45) is 0. The number of carboxylic acid groups (broad SMARTS) is 1. The molecular weight excluding hydrogens is 332 g/mol. The molecule has 1 N–H and O–H groups in total. The van der Waals surface area contributed by atoms with Crippen LogP contribution in [0.4, 0.5) is 0 Å². The smallest absolute Gasteiger partial charge is 0.327 e. The third-order valence-corrected chi connectivity index (χ3v) is 17.4. The third kappa shape index (κ3) is 2.07. The number of fused-ring (bicyclic) bond motifs is 1. The maximum absolute atomic E-state index is 12.9. The van der Waals surface area contributed by atoms with E-state index in [0.29, 0.717) is 0 Å². The van der Waals surface area contributed by atoms with Crippen LogP contribution in [0, 0.1) is 0 Å². The Morgan fingerprint density at radius 2 is 1.73 bits per heavy atom. The maximum atomic E-state index is 12.9. The van der Waals surface area contributed by atoms with E-state index >= 15 is 0 Å². The van der Waals surface area contributed by atoms with Crippen LogP contribution in [0.15, 0.2) is 0 Å². The zero-order valence-corrected chi connectivity index (χ0v) is 17.0. The van der Waals surface area contributed by atoms with Crippen molar-refractivity contribution in [2.75, 3.05) is 0 Å². The topological polar surface area (TPSA) is 60.9 Å². The van der Waals surface area contributed by atoms with Crippen LogP contribution >= 0.6 is 11.8 Å². The van der Waals surface area contributed by atoms with E-state index in [4.69, 9.17) is 0 Å². The van der Waals surface area contributed by atoms with Crippen LogP contribution in [0.3, 0.4) is 0 Å². The average molecular weight is 359 g/mol. The molecule has 0 bridgehead atoms. The molecule has 3 aliphatic heterocycles. The quantitative estimate of drug-likeness (QED) is 0.606. The molecule has 124 valence electrons. The highest BCUT2D eigenvalue weighted by atomic mass is 32.2. The van der Waals surface area contributed by atoms with Gasteiger partial charge in [0.15, 0.2) is 0 Å². The molecule has 1 amide bonds. The molecule has 0 radical (unpaired) electrons. The minimum absolute atomic E-state index is 0.0280. The van der Waals surface area contributed by atoms with E-state index in [1.54, 1.807) is 16.7 Å². The summed E-state index contributed by atoms with van der Waals surface area (Å²) in [7, 11) is -3.10. The van der Waals surface area contributed by atoms with Gasteiger partial charge in [-0.05, 0) is 25.9 Å². The fourth-order valence-electron chi connectivity index (χ4n) is 4.66. The van der Waals surface area contributed by atoms with Gasteiger partial charge >= 0.3 is 5.97 Å². The van der Waals surface area contributed by atoms with Crippen LogP contribution in [0.5, 0.6) is 0 Å². The van der Waals surface area contributed by atoms with Crippen molar-refractivity contribution in [3.8, 4) is 0 Å². The van der Waals surface area contributed by atoms with Crippen LogP contribution in [0.2, 0.25) is 38.3 Å². The number of amides is 1. The first kappa shape index (κ1) is 16.5. The summed E-state index contributed by atoms with van der Waals surface area (Å²) in [5.41, 5.74) is 0. The van der Waals surface area contributed by atoms with E-state index in [1.807, 2.05) is 13.8 Å². The van der Waals surface area contributed by atoms with Gasteiger partial charge in [-0.25, -0.2) is 4.79 Å². The van der Waals surface area contributed by atoms with Crippen molar-refractivity contribution >= 4 is 40.1 Å². The molecule has 3 fully saturated rings. The summed E-state index contributed by atoms with van der Waals surface area (Å²) in [5.74, 6) is -0.820. The van der Waals surface area contributed by atoms with Crippen molar-refractivity contribution in [3.05, 3.63) is 0 Å². The minimum Gasteiger partial charge on any atom is -0.480 e. The fourth-order valence-corrected chi connectivity index (χ4v) is 21.2. The molecule has 3 rings (SSSR count). The first-order valence-corrected chi connectivity index (χ1v) is 15.1. The number of hydrogen-bond donors (Lipinski definition) is 1. The first-order chi connectivity index (χ1) is 9.90. The van der Waals surface area contributed by atoms with E-state index in [-0.39, 0.29) is 17.3 Å². The maximum Gasteiger partial charge on any atom is 0.327 e. The highest BCUT2D eigenvalue weighted by molar-refractivity contribution is 8.01. The molecule has 22 heavy (non-hydrogen) atoms. The van der Waals surface area contributed by atoms with Gasteiger partial charge in [-0.3, -0.25) is 4.79 Å². The molecule has 1 unspecified atom stereocenters. The zero-order valence-electron chi connectivity index (χ0n) is 14.2. The van der Waals surface area contributed by atoms with Crippen LogP contribution < -0.4 is 0 Å². The average Bonchev–Trinajstić information content (AvgIpc) is 2.73. The molecule has 0 aliphatic carbocycles. The number of aliphatic carboxylic acids is 1. The van der Waals surface area contributed by atoms with E-state index in [1.165, 1.54) is 12.1 Å². The van der Waals surface area contributed by atoms with Gasteiger partial charge in [-0.2, -0.15) is 0 Å². The Morgan fingerprint density at radius 3 is 2.18 bits per heavy atom. The van der Waals surface area contributed by atoms with Gasteiger partial charge in [0.1, 0.15) is 33.9 Å². The normalized spacial score (nSPS) is 38.7. The highest BCUT2D eigenvalue weighted by Gasteiger charge is 2.68. The Bertz CT molecular complexity index is 536. The summed E-state index contributed by atoms with van der Waals surface area (Å²) < 4.78 is 2.20. The Kier molecular flexibility index (Phi) is 3.47. The van der Waals surface area contributed by atoms with Gasteiger partial charge in [0, 0.05) is 4.75 Å². The molecule has 3 heterocycles. The second kappa shape index (κ2) is 4.61. The number of hydrogen-bond acceptors (Lipinski definition) is 4. The number of thioether (sulfide) groups is 1. The minimum atomic E-state index is -1.55. The van der Waals surface area contributed by atoms with Gasteiger partial charge in [0.05, 0.1) is 0 Å². The lowest BCUT2D eigenvalue weighted by molar-refractivity contribution is -0.161. The van der Waals surface area contributed by atoms with E-state index in [9.17, 15) is 14.7 Å². The summed E-state index contributed by atoms with van der Waals surface area (Å²) in [5, 5.41) is 9.57. The number of rotatable bonds is 2. The Hall–Kier alpha value is -0.316. The van der Waals surface area contributed by atoms with Crippen molar-refractivity contribution in [1.29, 1.82) is 0 Å². The number of carboxylic acids is 1. The largest absolute Gasteiger partial charge is 0.480 e. The second-order valence-electron chi connectivity index (χ2n) is 8.54. The van der Waals surface area contributed by atoms with Gasteiger partial charge < -0.3 is 14.2 Å². The van der Waals surface area contributed by atoms with Crippen molar-refractivity contribution in [2.45, 2.75) is 74.3 Å². The molecule has 3 aliphatic rings. The summed E-state index contributed by atoms with van der Waals surface area (Å²) >= 11 is 1.68. The second-order valence-corrected chi connectivity index (χ2v) is 20.0. The van der Waals surface area contributed by atoms with Crippen molar-refractivity contribution in [2.24, 2.45) is 0 Å². The Morgan fingerprint density at radius 1 is 1.23 bits per heavy atom. The predicted octanol–water partition coefficient (Wildman–Crippen LogP) is 2.23. The summed E-state index contributed by atoms with van der Waals surface area (Å²) in [6, 6.07) is 1.76. The molecule has 5 nitrogen and oxygen atoms in total. The number of nitrogens with zero attached hydrogens (tertiary/aromatic N) is 2. The monoisotopic (exact) mass is 358 g/mol. The van der Waals surface area contributed by atoms with Crippen molar-refractivity contribution in [1.82, 2.24) is 9.13 Å². The lowest BCUT2D eigenvalue weighted by Crippen LogP contribution is -2.76. The Balaban J connectivity index is 1.94. The van der Waals surface area contributed by atoms with Crippen LogP contribution in [-0.4, -0.2) is 64.8 Å². The van der Waals surface area contributed by atoms with Gasteiger partial charge in [0.2, 0.25) is 5.91 Å². The van der Waals surface area contributed by atoms with Crippen LogP contribution in [-0.2, 0) is 9.59 Å². The summed E-state index contributed by atoms with van der Waals surface area (Å²) in [4.78, 5) is 26.1. The van der Waals surface area contributed by atoms with Gasteiger partial charge in [0.25, 0.3) is 0 Å². The first-order valence-electron chi connectivity index (χ1n) is 7.92. The third-order valence-electron chi connectivity index (χ3n) is 5.58. The van der Waals surface area contributed by atoms with E-state index in [2.05, 4.69) is 30.4 Å². The van der Waals surface area contributed by atoms with Gasteiger partial charge in [-0.15, -0.1) is 11.8 Å². The molecule has 0 spiro atoms. The Labute approximate surface area is 138 Å². The molecule has 8 heteroatoms. The molecule has 0 aromatic rings. The summed E-state index contributed by atoms with van der Waals surface area (Å²) in [6.45, 7) is 13.4. The number of β-lactam (4-membered cyclic amide) rings is 1. The molecule has 0 saturated carbocycles. The van der Waals surface area contributed by atoms with Crippen LogP contribution in [0.1, 0.15) is 13.8 Å². The molecular formula is C14H26N2O3SSi2. The highest BCUT2D eigenvalue weighted by Crippen LogP contribution is 2.54. The van der Waals surface area contributed by atoms with E-state index < -0.39 is 33.2 Å². The number of carbonyl (C=O) groups is 2. The molecule has 3 atom stereocenters. The standard InChI is InChI=1S/C14H26N2O3SSi2/c1-14(2)10(13(18)19)15-11(17)9(12(15)20-14)16-21(3,4)7-8-22(16,5)6/h9-10,12H,7-8H2,1-6H3,(H,18,19)/t9?,10-,12+/m0/s1. The lowest BCUT2D eigenvalue weighted by atomic mass is 9.96. The van der Waals surface area contributed by atoms with Gasteiger partial charge in [-0.1, -0.05) is 26.2 Å². The van der Waals surface area contributed by atoms with Crippen LogP contribution in [0.25, 0.3) is 0 Å². The van der Waals surface area contributed by atoms with E-state index in [0.717, 1.165) is 0 Å². The number of carbonyl (C=O) groups excluding carboxylic acids is 1. The molecule has 3 saturated heterocycles. The molecule has 0 aromatic carbocycles. The zero-order chi connectivity index (χ0) is 16.7. The lowest BCUT2D eigenvalue weighted by Gasteiger charge is -2.54. The molecule has 0 aromatic heterocycles.